The Balaban J connectivity index is 1.89. The van der Waals surface area contributed by atoms with E-state index < -0.39 is 0 Å². The highest BCUT2D eigenvalue weighted by atomic mass is 16.3. The van der Waals surface area contributed by atoms with Gasteiger partial charge in [0.25, 0.3) is 0 Å². The third-order valence-corrected chi connectivity index (χ3v) is 4.00. The average Bonchev–Trinajstić information content (AvgIpc) is 2.54. The lowest BCUT2D eigenvalue weighted by Crippen LogP contribution is -2.41. The van der Waals surface area contributed by atoms with Crippen LogP contribution in [0.3, 0.4) is 0 Å². The van der Waals surface area contributed by atoms with Crippen molar-refractivity contribution >= 4 is 12.0 Å². The average molecular weight is 289 g/mol. The van der Waals surface area contributed by atoms with E-state index in [9.17, 15) is 9.90 Å². The Kier molecular flexibility index (Phi) is 6.34. The molecule has 1 amide bonds. The van der Waals surface area contributed by atoms with Gasteiger partial charge in [0.15, 0.2) is 0 Å². The zero-order valence-electron chi connectivity index (χ0n) is 12.2. The van der Waals surface area contributed by atoms with Gasteiger partial charge in [-0.25, -0.2) is 9.97 Å². The molecule has 1 unspecified atom stereocenters. The molecular weight excluding hydrogens is 266 g/mol. The fourth-order valence-electron chi connectivity index (χ4n) is 2.89. The first-order valence-electron chi connectivity index (χ1n) is 7.65. The summed E-state index contributed by atoms with van der Waals surface area (Å²) in [6.07, 6.45) is 12.9. The second-order valence-electron chi connectivity index (χ2n) is 5.49. The Bertz CT molecular complexity index is 456. The van der Waals surface area contributed by atoms with Gasteiger partial charge in [0.1, 0.15) is 6.33 Å². The Morgan fingerprint density at radius 3 is 2.90 bits per heavy atom. The summed E-state index contributed by atoms with van der Waals surface area (Å²) in [5.41, 5.74) is 0.705. The Hall–Kier alpha value is -1.75. The zero-order valence-corrected chi connectivity index (χ0v) is 12.2. The number of aromatic nitrogens is 2. The van der Waals surface area contributed by atoms with Gasteiger partial charge in [0.05, 0.1) is 5.69 Å². The molecule has 1 heterocycles. The van der Waals surface area contributed by atoms with E-state index in [2.05, 4.69) is 15.3 Å². The SMILES string of the molecule is O=C(/C=C/c1ccncn1)NC(CCO)C1CCCCC1. The van der Waals surface area contributed by atoms with Crippen LogP contribution in [0.4, 0.5) is 0 Å². The van der Waals surface area contributed by atoms with E-state index in [1.807, 2.05) is 0 Å². The molecule has 5 heteroatoms. The van der Waals surface area contributed by atoms with Crippen molar-refractivity contribution in [1.29, 1.82) is 0 Å². The molecule has 1 atom stereocenters. The number of hydrogen-bond acceptors (Lipinski definition) is 4. The highest BCUT2D eigenvalue weighted by molar-refractivity contribution is 5.91. The van der Waals surface area contributed by atoms with E-state index in [4.69, 9.17) is 0 Å². The third-order valence-electron chi connectivity index (χ3n) is 4.00. The molecule has 2 N–H and O–H groups in total. The second kappa shape index (κ2) is 8.52. The first-order chi connectivity index (χ1) is 10.3. The van der Waals surface area contributed by atoms with Gasteiger partial charge in [-0.1, -0.05) is 19.3 Å². The summed E-state index contributed by atoms with van der Waals surface area (Å²) in [6.45, 7) is 0.108. The van der Waals surface area contributed by atoms with Crippen LogP contribution in [0, 0.1) is 5.92 Å². The number of rotatable bonds is 6. The van der Waals surface area contributed by atoms with Crippen molar-refractivity contribution in [2.45, 2.75) is 44.6 Å². The standard InChI is InChI=1S/C16H23N3O2/c20-11-9-15(13-4-2-1-3-5-13)19-16(21)7-6-14-8-10-17-12-18-14/h6-8,10,12-13,15,20H,1-5,9,11H2,(H,19,21)/b7-6+. The molecule has 0 aliphatic heterocycles. The van der Waals surface area contributed by atoms with E-state index in [0.29, 0.717) is 18.0 Å². The minimum atomic E-state index is -0.127. The number of nitrogens with zero attached hydrogens (tertiary/aromatic N) is 2. The fraction of sp³-hybridized carbons (Fsp3) is 0.562. The number of aliphatic hydroxyl groups is 1. The van der Waals surface area contributed by atoms with Gasteiger partial charge in [-0.05, 0) is 37.3 Å². The van der Waals surface area contributed by atoms with Gasteiger partial charge in [-0.2, -0.15) is 0 Å². The molecule has 1 aliphatic carbocycles. The highest BCUT2D eigenvalue weighted by Gasteiger charge is 2.23. The minimum absolute atomic E-state index is 0.0675. The molecule has 1 aromatic heterocycles. The summed E-state index contributed by atoms with van der Waals surface area (Å²) < 4.78 is 0. The summed E-state index contributed by atoms with van der Waals surface area (Å²) >= 11 is 0. The maximum absolute atomic E-state index is 12.0. The maximum Gasteiger partial charge on any atom is 0.244 e. The number of nitrogens with one attached hydrogen (secondary N) is 1. The lowest BCUT2D eigenvalue weighted by atomic mass is 9.82. The predicted molar refractivity (Wildman–Crippen MR) is 81.3 cm³/mol. The third kappa shape index (κ3) is 5.27. The lowest BCUT2D eigenvalue weighted by Gasteiger charge is -2.30. The van der Waals surface area contributed by atoms with E-state index in [-0.39, 0.29) is 18.6 Å². The Morgan fingerprint density at radius 2 is 2.24 bits per heavy atom. The van der Waals surface area contributed by atoms with Crippen LogP contribution in [0.2, 0.25) is 0 Å². The van der Waals surface area contributed by atoms with Crippen LogP contribution < -0.4 is 5.32 Å². The van der Waals surface area contributed by atoms with Crippen molar-refractivity contribution in [3.05, 3.63) is 30.4 Å². The number of carbonyl (C=O) groups is 1. The van der Waals surface area contributed by atoms with E-state index >= 15 is 0 Å². The van der Waals surface area contributed by atoms with Crippen LogP contribution in [0.15, 0.2) is 24.7 Å². The van der Waals surface area contributed by atoms with Crippen molar-refractivity contribution in [2.24, 2.45) is 5.92 Å². The van der Waals surface area contributed by atoms with Crippen LogP contribution >= 0.6 is 0 Å². The molecule has 5 nitrogen and oxygen atoms in total. The van der Waals surface area contributed by atoms with E-state index in [0.717, 1.165) is 12.8 Å². The topological polar surface area (TPSA) is 75.1 Å². The normalized spacial score (nSPS) is 17.8. The van der Waals surface area contributed by atoms with Gasteiger partial charge in [-0.3, -0.25) is 4.79 Å². The van der Waals surface area contributed by atoms with Crippen LogP contribution in [0.5, 0.6) is 0 Å². The molecule has 1 fully saturated rings. The summed E-state index contributed by atoms with van der Waals surface area (Å²) in [7, 11) is 0. The smallest absolute Gasteiger partial charge is 0.244 e. The van der Waals surface area contributed by atoms with Crippen molar-refractivity contribution in [1.82, 2.24) is 15.3 Å². The molecule has 0 radical (unpaired) electrons. The molecule has 2 rings (SSSR count). The molecular formula is C16H23N3O2. The largest absolute Gasteiger partial charge is 0.396 e. The molecule has 1 aliphatic rings. The number of carbonyl (C=O) groups excluding carboxylic acids is 1. The monoisotopic (exact) mass is 289 g/mol. The molecule has 0 saturated heterocycles. The summed E-state index contributed by atoms with van der Waals surface area (Å²) in [5, 5.41) is 12.2. The van der Waals surface area contributed by atoms with E-state index in [1.54, 1.807) is 18.3 Å². The van der Waals surface area contributed by atoms with Crippen molar-refractivity contribution in [3.8, 4) is 0 Å². The number of amides is 1. The molecule has 0 bridgehead atoms. The van der Waals surface area contributed by atoms with Gasteiger partial charge in [-0.15, -0.1) is 0 Å². The zero-order chi connectivity index (χ0) is 14.9. The molecule has 21 heavy (non-hydrogen) atoms. The molecule has 0 spiro atoms. The van der Waals surface area contributed by atoms with Crippen LogP contribution in [0.25, 0.3) is 6.08 Å². The van der Waals surface area contributed by atoms with Crippen LogP contribution in [-0.2, 0) is 4.79 Å². The van der Waals surface area contributed by atoms with Gasteiger partial charge >= 0.3 is 0 Å². The fourth-order valence-corrected chi connectivity index (χ4v) is 2.89. The van der Waals surface area contributed by atoms with Crippen molar-refractivity contribution in [3.63, 3.8) is 0 Å². The van der Waals surface area contributed by atoms with Gasteiger partial charge < -0.3 is 10.4 Å². The maximum atomic E-state index is 12.0. The van der Waals surface area contributed by atoms with Crippen LogP contribution in [-0.4, -0.2) is 33.6 Å². The van der Waals surface area contributed by atoms with Gasteiger partial charge in [0, 0.05) is 24.9 Å². The summed E-state index contributed by atoms with van der Waals surface area (Å²) in [5.74, 6) is 0.361. The van der Waals surface area contributed by atoms with Gasteiger partial charge in [0.2, 0.25) is 5.91 Å². The predicted octanol–water partition coefficient (Wildman–Crippen LogP) is 1.94. The summed E-state index contributed by atoms with van der Waals surface area (Å²) in [6, 6.07) is 1.81. The first-order valence-corrected chi connectivity index (χ1v) is 7.65. The number of aliphatic hydroxyl groups excluding tert-OH is 1. The molecule has 1 aromatic rings. The minimum Gasteiger partial charge on any atom is -0.396 e. The quantitative estimate of drug-likeness (QED) is 0.785. The summed E-state index contributed by atoms with van der Waals surface area (Å²) in [4.78, 5) is 19.9. The highest BCUT2D eigenvalue weighted by Crippen LogP contribution is 2.27. The van der Waals surface area contributed by atoms with Crippen LogP contribution in [0.1, 0.15) is 44.2 Å². The second-order valence-corrected chi connectivity index (χ2v) is 5.49. The first kappa shape index (κ1) is 15.6. The lowest BCUT2D eigenvalue weighted by molar-refractivity contribution is -0.117. The van der Waals surface area contributed by atoms with Crippen molar-refractivity contribution in [2.75, 3.05) is 6.61 Å². The van der Waals surface area contributed by atoms with E-state index in [1.165, 1.54) is 31.7 Å². The Labute approximate surface area is 125 Å². The Morgan fingerprint density at radius 1 is 1.43 bits per heavy atom. The molecule has 114 valence electrons. The molecule has 0 aromatic carbocycles. The number of hydrogen-bond donors (Lipinski definition) is 2. The van der Waals surface area contributed by atoms with Crippen molar-refractivity contribution < 1.29 is 9.90 Å². The molecule has 1 saturated carbocycles.